The Bertz CT molecular complexity index is 1110. The number of pyridine rings is 1. The number of carbonyl (C=O) groups is 2. The molecule has 1 aliphatic heterocycles. The van der Waals surface area contributed by atoms with Gasteiger partial charge in [0.15, 0.2) is 0 Å². The van der Waals surface area contributed by atoms with E-state index in [4.69, 9.17) is 9.47 Å². The minimum Gasteiger partial charge on any atom is -0.497 e. The van der Waals surface area contributed by atoms with Crippen LogP contribution in [0.3, 0.4) is 0 Å². The molecule has 4 rings (SSSR count). The number of nitrogens with zero attached hydrogens (tertiary/aromatic N) is 2. The highest BCUT2D eigenvalue weighted by molar-refractivity contribution is 7.11. The molecule has 3 heterocycles. The zero-order valence-corrected chi connectivity index (χ0v) is 17.2. The molecule has 0 saturated heterocycles. The molecule has 152 valence electrons. The van der Waals surface area contributed by atoms with Crippen molar-refractivity contribution in [3.8, 4) is 11.5 Å². The van der Waals surface area contributed by atoms with Crippen LogP contribution < -0.4 is 14.8 Å². The van der Waals surface area contributed by atoms with Gasteiger partial charge in [0.25, 0.3) is 11.8 Å². The summed E-state index contributed by atoms with van der Waals surface area (Å²) in [5.74, 6) is 0.340. The lowest BCUT2D eigenvalue weighted by molar-refractivity contribution is -0.137. The van der Waals surface area contributed by atoms with Crippen LogP contribution in [-0.4, -0.2) is 35.9 Å². The first-order valence-electron chi connectivity index (χ1n) is 9.15. The lowest BCUT2D eigenvalue weighted by atomic mass is 10.1. The molecule has 30 heavy (non-hydrogen) atoms. The van der Waals surface area contributed by atoms with E-state index in [0.29, 0.717) is 33.3 Å². The fourth-order valence-electron chi connectivity index (χ4n) is 3.19. The van der Waals surface area contributed by atoms with Gasteiger partial charge in [-0.3, -0.25) is 19.5 Å². The zero-order valence-electron chi connectivity index (χ0n) is 16.4. The molecule has 1 N–H and O–H groups in total. The van der Waals surface area contributed by atoms with Crippen molar-refractivity contribution in [2.24, 2.45) is 0 Å². The van der Waals surface area contributed by atoms with Gasteiger partial charge < -0.3 is 14.8 Å². The molecule has 7 nitrogen and oxygen atoms in total. The van der Waals surface area contributed by atoms with Gasteiger partial charge in [0.2, 0.25) is 0 Å². The molecule has 1 aromatic carbocycles. The Morgan fingerprint density at radius 3 is 2.57 bits per heavy atom. The fraction of sp³-hybridized carbons (Fsp3) is 0.136. The average molecular weight is 421 g/mol. The molecule has 0 fully saturated rings. The first kappa shape index (κ1) is 19.7. The summed E-state index contributed by atoms with van der Waals surface area (Å²) in [6, 6.07) is 14.3. The van der Waals surface area contributed by atoms with Gasteiger partial charge in [-0.05, 0) is 35.7 Å². The Hall–Kier alpha value is -3.65. The predicted octanol–water partition coefficient (Wildman–Crippen LogP) is 3.55. The second kappa shape index (κ2) is 8.38. The van der Waals surface area contributed by atoms with Gasteiger partial charge in [-0.15, -0.1) is 11.3 Å². The second-order valence-electron chi connectivity index (χ2n) is 6.44. The van der Waals surface area contributed by atoms with Crippen molar-refractivity contribution in [2.75, 3.05) is 19.5 Å². The first-order valence-corrected chi connectivity index (χ1v) is 10.0. The minimum absolute atomic E-state index is 0.0911. The topological polar surface area (TPSA) is 80.8 Å². The third-order valence-electron chi connectivity index (χ3n) is 4.65. The van der Waals surface area contributed by atoms with Crippen LogP contribution in [0.5, 0.6) is 11.5 Å². The Kier molecular flexibility index (Phi) is 5.49. The summed E-state index contributed by atoms with van der Waals surface area (Å²) in [6.07, 6.45) is 1.63. The van der Waals surface area contributed by atoms with E-state index < -0.39 is 5.91 Å². The Balaban J connectivity index is 1.75. The summed E-state index contributed by atoms with van der Waals surface area (Å²) >= 11 is 1.40. The van der Waals surface area contributed by atoms with E-state index in [2.05, 4.69) is 10.3 Å². The molecule has 1 aliphatic rings. The van der Waals surface area contributed by atoms with Gasteiger partial charge in [0.1, 0.15) is 17.2 Å². The normalized spacial score (nSPS) is 13.7. The Morgan fingerprint density at radius 2 is 1.90 bits per heavy atom. The van der Waals surface area contributed by atoms with Crippen LogP contribution in [0.25, 0.3) is 5.57 Å². The second-order valence-corrected chi connectivity index (χ2v) is 7.38. The van der Waals surface area contributed by atoms with Crippen LogP contribution in [0, 0.1) is 0 Å². The minimum atomic E-state index is -0.418. The molecular weight excluding hydrogens is 402 g/mol. The van der Waals surface area contributed by atoms with Crippen LogP contribution in [-0.2, 0) is 16.1 Å². The van der Waals surface area contributed by atoms with Crippen LogP contribution in [0.4, 0.5) is 5.69 Å². The van der Waals surface area contributed by atoms with Gasteiger partial charge in [-0.2, -0.15) is 0 Å². The molecule has 0 spiro atoms. The number of benzene rings is 1. The highest BCUT2D eigenvalue weighted by Gasteiger charge is 2.40. The zero-order chi connectivity index (χ0) is 21.1. The lowest BCUT2D eigenvalue weighted by Crippen LogP contribution is -2.32. The summed E-state index contributed by atoms with van der Waals surface area (Å²) in [5, 5.41) is 4.98. The van der Waals surface area contributed by atoms with E-state index >= 15 is 0 Å². The number of carbonyl (C=O) groups excluding carboxylic acids is 2. The van der Waals surface area contributed by atoms with Crippen LogP contribution in [0.15, 0.2) is 65.8 Å². The van der Waals surface area contributed by atoms with Crippen molar-refractivity contribution >= 4 is 34.4 Å². The first-order chi connectivity index (χ1) is 14.6. The predicted molar refractivity (Wildman–Crippen MR) is 114 cm³/mol. The molecular formula is C22H19N3O4S. The number of nitrogens with one attached hydrogen (secondary N) is 1. The largest absolute Gasteiger partial charge is 0.497 e. The molecule has 0 radical (unpaired) electrons. The van der Waals surface area contributed by atoms with Crippen LogP contribution >= 0.6 is 11.3 Å². The third-order valence-corrected chi connectivity index (χ3v) is 5.54. The van der Waals surface area contributed by atoms with Gasteiger partial charge in [0.05, 0.1) is 37.7 Å². The third kappa shape index (κ3) is 3.65. The smallest absolute Gasteiger partial charge is 0.278 e. The summed E-state index contributed by atoms with van der Waals surface area (Å²) in [5.41, 5.74) is 1.69. The number of imide groups is 1. The number of ether oxygens (including phenoxy) is 2. The molecule has 3 aromatic rings. The quantitative estimate of drug-likeness (QED) is 0.588. The van der Waals surface area contributed by atoms with E-state index in [1.165, 1.54) is 23.3 Å². The fourth-order valence-corrected chi connectivity index (χ4v) is 3.95. The summed E-state index contributed by atoms with van der Waals surface area (Å²) in [7, 11) is 3.09. The SMILES string of the molecule is COc1ccc(OC)c(NC2=C(c3cccs3)C(=O)N(Cc3ccccn3)C2=O)c1. The van der Waals surface area contributed by atoms with Crippen molar-refractivity contribution in [1.29, 1.82) is 0 Å². The van der Waals surface area contributed by atoms with Crippen LogP contribution in [0.2, 0.25) is 0 Å². The number of thiophene rings is 1. The van der Waals surface area contributed by atoms with Crippen molar-refractivity contribution < 1.29 is 19.1 Å². The molecule has 0 bridgehead atoms. The molecule has 2 aromatic heterocycles. The Labute approximate surface area is 177 Å². The molecule has 2 amide bonds. The number of amides is 2. The summed E-state index contributed by atoms with van der Waals surface area (Å²) in [4.78, 5) is 32.7. The van der Waals surface area contributed by atoms with Gasteiger partial charge in [-0.1, -0.05) is 12.1 Å². The number of rotatable bonds is 7. The molecule has 0 unspecified atom stereocenters. The van der Waals surface area contributed by atoms with Gasteiger partial charge >= 0.3 is 0 Å². The van der Waals surface area contributed by atoms with Crippen LogP contribution in [0.1, 0.15) is 10.6 Å². The maximum Gasteiger partial charge on any atom is 0.278 e. The lowest BCUT2D eigenvalue weighted by Gasteiger charge is -2.16. The average Bonchev–Trinajstić information content (AvgIpc) is 3.37. The molecule has 0 atom stereocenters. The number of aromatic nitrogens is 1. The van der Waals surface area contributed by atoms with E-state index in [9.17, 15) is 9.59 Å². The summed E-state index contributed by atoms with van der Waals surface area (Å²) in [6.45, 7) is 0.0911. The number of methoxy groups -OCH3 is 2. The highest BCUT2D eigenvalue weighted by Crippen LogP contribution is 2.36. The number of anilines is 1. The van der Waals surface area contributed by atoms with E-state index in [-0.39, 0.29) is 18.1 Å². The maximum absolute atomic E-state index is 13.3. The summed E-state index contributed by atoms with van der Waals surface area (Å²) < 4.78 is 10.7. The van der Waals surface area contributed by atoms with Crippen molar-refractivity contribution in [1.82, 2.24) is 9.88 Å². The number of hydrogen-bond acceptors (Lipinski definition) is 7. The van der Waals surface area contributed by atoms with E-state index in [0.717, 1.165) is 0 Å². The number of hydrogen-bond donors (Lipinski definition) is 1. The van der Waals surface area contributed by atoms with E-state index in [1.807, 2.05) is 23.6 Å². The van der Waals surface area contributed by atoms with Gasteiger partial charge in [-0.25, -0.2) is 0 Å². The van der Waals surface area contributed by atoms with Gasteiger partial charge in [0, 0.05) is 17.1 Å². The van der Waals surface area contributed by atoms with Crippen molar-refractivity contribution in [3.05, 3.63) is 76.4 Å². The standard InChI is InChI=1S/C22H19N3O4S/c1-28-15-8-9-17(29-2)16(12-15)24-20-19(18-7-5-11-30-18)21(26)25(22(20)27)13-14-6-3-4-10-23-14/h3-12,24H,13H2,1-2H3. The molecule has 0 saturated carbocycles. The highest BCUT2D eigenvalue weighted by atomic mass is 32.1. The Morgan fingerprint density at radius 1 is 1.03 bits per heavy atom. The monoisotopic (exact) mass is 421 g/mol. The molecule has 0 aliphatic carbocycles. The maximum atomic E-state index is 13.3. The molecule has 8 heteroatoms. The van der Waals surface area contributed by atoms with E-state index in [1.54, 1.807) is 43.6 Å². The van der Waals surface area contributed by atoms with Crippen molar-refractivity contribution in [2.45, 2.75) is 6.54 Å². The van der Waals surface area contributed by atoms with Crippen molar-refractivity contribution in [3.63, 3.8) is 0 Å².